The van der Waals surface area contributed by atoms with Crippen molar-refractivity contribution in [3.8, 4) is 0 Å². The maximum absolute atomic E-state index is 11.2. The van der Waals surface area contributed by atoms with Crippen molar-refractivity contribution in [2.75, 3.05) is 0 Å². The summed E-state index contributed by atoms with van der Waals surface area (Å²) in [6, 6.07) is 0. The van der Waals surface area contributed by atoms with Crippen LogP contribution in [0.5, 0.6) is 0 Å². The molecule has 1 aliphatic carbocycles. The Bertz CT molecular complexity index is 199. The van der Waals surface area contributed by atoms with Gasteiger partial charge in [-0.15, -0.1) is 0 Å². The summed E-state index contributed by atoms with van der Waals surface area (Å²) >= 11 is 4.44. The maximum Gasteiger partial charge on any atom is 0.319 e. The first-order chi connectivity index (χ1) is 6.61. The molecule has 0 aromatic heterocycles. The van der Waals surface area contributed by atoms with Gasteiger partial charge in [0.15, 0.2) is 0 Å². The molecule has 0 saturated heterocycles. The van der Waals surface area contributed by atoms with E-state index in [1.54, 1.807) is 0 Å². The maximum atomic E-state index is 11.2. The summed E-state index contributed by atoms with van der Waals surface area (Å²) in [5.41, 5.74) is 0. The van der Waals surface area contributed by atoms with Gasteiger partial charge in [-0.25, -0.2) is 0 Å². The molecule has 0 amide bonds. The van der Waals surface area contributed by atoms with Crippen LogP contribution < -0.4 is 0 Å². The zero-order valence-electron chi connectivity index (χ0n) is 8.83. The molecule has 14 heavy (non-hydrogen) atoms. The second-order valence-corrected chi connectivity index (χ2v) is 5.11. The average molecular weight is 216 g/mol. The topological polar surface area (TPSA) is 37.3 Å². The predicted octanol–water partition coefficient (Wildman–Crippen LogP) is 3.12. The fourth-order valence-corrected chi connectivity index (χ4v) is 2.93. The van der Waals surface area contributed by atoms with E-state index in [4.69, 9.17) is 0 Å². The Labute approximate surface area is 91.5 Å². The van der Waals surface area contributed by atoms with Crippen LogP contribution >= 0.6 is 12.6 Å². The molecule has 1 N–H and O–H groups in total. The molecule has 3 heteroatoms. The monoisotopic (exact) mass is 216 g/mol. The summed E-state index contributed by atoms with van der Waals surface area (Å²) < 4.78 is -0.769. The van der Waals surface area contributed by atoms with Gasteiger partial charge in [0.05, 0.1) is 0 Å². The van der Waals surface area contributed by atoms with E-state index in [0.29, 0.717) is 6.42 Å². The van der Waals surface area contributed by atoms with Crippen LogP contribution in [0.15, 0.2) is 0 Å². The van der Waals surface area contributed by atoms with Gasteiger partial charge in [0.25, 0.3) is 0 Å². The smallest absolute Gasteiger partial charge is 0.319 e. The Balaban J connectivity index is 2.69. The molecule has 2 nitrogen and oxygen atoms in total. The lowest BCUT2D eigenvalue weighted by molar-refractivity contribution is -0.142. The van der Waals surface area contributed by atoms with E-state index in [9.17, 15) is 9.90 Å². The van der Waals surface area contributed by atoms with Crippen molar-refractivity contribution in [3.63, 3.8) is 0 Å². The fourth-order valence-electron chi connectivity index (χ4n) is 2.45. The predicted molar refractivity (Wildman–Crippen MR) is 60.8 cm³/mol. The highest BCUT2D eigenvalue weighted by Gasteiger charge is 2.41. The lowest BCUT2D eigenvalue weighted by Crippen LogP contribution is -2.41. The number of rotatable bonds is 4. The van der Waals surface area contributed by atoms with Crippen molar-refractivity contribution in [2.24, 2.45) is 5.92 Å². The zero-order chi connectivity index (χ0) is 10.6. The second-order valence-electron chi connectivity index (χ2n) is 4.31. The summed E-state index contributed by atoms with van der Waals surface area (Å²) in [4.78, 5) is 11.2. The lowest BCUT2D eigenvalue weighted by atomic mass is 9.77. The van der Waals surface area contributed by atoms with Gasteiger partial charge in [-0.1, -0.05) is 32.6 Å². The Morgan fingerprint density at radius 3 is 2.43 bits per heavy atom. The van der Waals surface area contributed by atoms with Crippen LogP contribution in [0.3, 0.4) is 0 Å². The molecule has 1 atom stereocenters. The number of carboxylic acid groups (broad SMARTS) is 1. The Morgan fingerprint density at radius 2 is 2.00 bits per heavy atom. The first-order valence-corrected chi connectivity index (χ1v) is 6.01. The van der Waals surface area contributed by atoms with Crippen LogP contribution in [0.2, 0.25) is 0 Å². The molecule has 0 aromatic rings. The van der Waals surface area contributed by atoms with E-state index in [-0.39, 0.29) is 5.92 Å². The summed E-state index contributed by atoms with van der Waals surface area (Å²) in [5, 5.41) is 9.24. The second kappa shape index (κ2) is 5.06. The quantitative estimate of drug-likeness (QED) is 0.708. The molecule has 1 rings (SSSR count). The van der Waals surface area contributed by atoms with Gasteiger partial charge in [-0.3, -0.25) is 4.79 Å². The molecule has 0 radical (unpaired) electrons. The van der Waals surface area contributed by atoms with Gasteiger partial charge in [0, 0.05) is 0 Å². The average Bonchev–Trinajstić information content (AvgIpc) is 2.19. The zero-order valence-corrected chi connectivity index (χ0v) is 9.72. The molecule has 82 valence electrons. The molecule has 0 heterocycles. The molecule has 1 saturated carbocycles. The van der Waals surface area contributed by atoms with Gasteiger partial charge in [-0.05, 0) is 25.2 Å². The highest BCUT2D eigenvalue weighted by atomic mass is 32.1. The van der Waals surface area contributed by atoms with Gasteiger partial charge in [0.2, 0.25) is 0 Å². The molecular formula is C11H20O2S. The van der Waals surface area contributed by atoms with Crippen molar-refractivity contribution >= 4 is 18.6 Å². The van der Waals surface area contributed by atoms with Crippen LogP contribution in [0.1, 0.15) is 51.9 Å². The van der Waals surface area contributed by atoms with Crippen molar-refractivity contribution in [1.29, 1.82) is 0 Å². The largest absolute Gasteiger partial charge is 0.480 e. The van der Waals surface area contributed by atoms with Gasteiger partial charge in [-0.2, -0.15) is 12.6 Å². The number of thiol groups is 1. The summed E-state index contributed by atoms with van der Waals surface area (Å²) in [5.74, 6) is -0.452. The molecule has 0 bridgehead atoms. The highest BCUT2D eigenvalue weighted by molar-refractivity contribution is 7.82. The highest BCUT2D eigenvalue weighted by Crippen LogP contribution is 2.39. The summed E-state index contributed by atoms with van der Waals surface area (Å²) in [6.45, 7) is 2.02. The van der Waals surface area contributed by atoms with Crippen molar-refractivity contribution < 1.29 is 9.90 Å². The minimum atomic E-state index is -0.769. The van der Waals surface area contributed by atoms with Gasteiger partial charge >= 0.3 is 5.97 Å². The van der Waals surface area contributed by atoms with Gasteiger partial charge < -0.3 is 5.11 Å². The molecule has 1 fully saturated rings. The van der Waals surface area contributed by atoms with E-state index >= 15 is 0 Å². The number of carboxylic acids is 1. The van der Waals surface area contributed by atoms with E-state index in [0.717, 1.165) is 19.3 Å². The molecular weight excluding hydrogens is 196 g/mol. The van der Waals surface area contributed by atoms with Crippen LogP contribution in [-0.2, 0) is 4.79 Å². The van der Waals surface area contributed by atoms with E-state index in [1.807, 2.05) is 6.92 Å². The van der Waals surface area contributed by atoms with E-state index in [2.05, 4.69) is 12.6 Å². The third-order valence-electron chi connectivity index (χ3n) is 3.28. The minimum Gasteiger partial charge on any atom is -0.480 e. The van der Waals surface area contributed by atoms with Crippen molar-refractivity contribution in [2.45, 2.75) is 56.6 Å². The van der Waals surface area contributed by atoms with Crippen LogP contribution in [0.4, 0.5) is 0 Å². The Morgan fingerprint density at radius 1 is 1.43 bits per heavy atom. The van der Waals surface area contributed by atoms with Crippen LogP contribution in [-0.4, -0.2) is 15.8 Å². The SMILES string of the molecule is CCCC(S)(C(=O)O)C1CCCCC1. The molecule has 1 unspecified atom stereocenters. The Hall–Kier alpha value is -0.180. The normalized spacial score (nSPS) is 23.0. The number of aliphatic carboxylic acids is 1. The van der Waals surface area contributed by atoms with Crippen LogP contribution in [0, 0.1) is 5.92 Å². The summed E-state index contributed by atoms with van der Waals surface area (Å²) in [6.07, 6.45) is 7.26. The standard InChI is InChI=1S/C11H20O2S/c1-2-8-11(14,10(12)13)9-6-4-3-5-7-9/h9,14H,2-8H2,1H3,(H,12,13). The van der Waals surface area contributed by atoms with Crippen molar-refractivity contribution in [3.05, 3.63) is 0 Å². The van der Waals surface area contributed by atoms with Crippen molar-refractivity contribution in [1.82, 2.24) is 0 Å². The molecule has 0 aliphatic heterocycles. The lowest BCUT2D eigenvalue weighted by Gasteiger charge is -2.35. The third-order valence-corrected chi connectivity index (χ3v) is 4.06. The fraction of sp³-hybridized carbons (Fsp3) is 0.909. The number of carbonyl (C=O) groups is 1. The number of hydrogen-bond acceptors (Lipinski definition) is 2. The summed E-state index contributed by atoms with van der Waals surface area (Å²) in [7, 11) is 0. The first kappa shape index (κ1) is 11.9. The van der Waals surface area contributed by atoms with Crippen LogP contribution in [0.25, 0.3) is 0 Å². The Kier molecular flexibility index (Phi) is 4.30. The third kappa shape index (κ3) is 2.44. The first-order valence-electron chi connectivity index (χ1n) is 5.57. The number of hydrogen-bond donors (Lipinski definition) is 2. The van der Waals surface area contributed by atoms with E-state index < -0.39 is 10.7 Å². The van der Waals surface area contributed by atoms with E-state index in [1.165, 1.54) is 19.3 Å². The molecule has 0 spiro atoms. The molecule has 0 aromatic carbocycles. The molecule has 1 aliphatic rings. The van der Waals surface area contributed by atoms with Gasteiger partial charge in [0.1, 0.15) is 4.75 Å². The minimum absolute atomic E-state index is 0.275.